The number of aliphatic imine (C=N–C) groups is 1. The van der Waals surface area contributed by atoms with E-state index in [9.17, 15) is 4.39 Å². The summed E-state index contributed by atoms with van der Waals surface area (Å²) in [5, 5.41) is 20.8. The second-order valence-electron chi connectivity index (χ2n) is 7.87. The summed E-state index contributed by atoms with van der Waals surface area (Å²) in [4.78, 5) is 12.4. The summed E-state index contributed by atoms with van der Waals surface area (Å²) in [6.45, 7) is 6.71. The fraction of sp³-hybridized carbons (Fsp3) is 0.391. The number of halogens is 2. The average Bonchev–Trinajstić information content (AvgIpc) is 2.81. The van der Waals surface area contributed by atoms with Crippen molar-refractivity contribution in [3.05, 3.63) is 52.8 Å². The van der Waals surface area contributed by atoms with Crippen molar-refractivity contribution in [3.63, 3.8) is 0 Å². The zero-order valence-electron chi connectivity index (χ0n) is 19.3. The van der Waals surface area contributed by atoms with E-state index in [-0.39, 0.29) is 18.4 Å². The van der Waals surface area contributed by atoms with Gasteiger partial charge in [-0.05, 0) is 37.6 Å². The number of piperazine rings is 1. The standard InChI is InChI=1S/C23H30ClFN8O/c1-16-4-3-5-20(24)21(16)29-18-6-7-27-19(14-18)15-28-31-23(26)30-22(17(2)25)33-10-8-32(9-11-33)12-13-34/h3-7,14-15,17,34H,8-13H2,1-2H3,(H2,26,31)(H,27,29)/b28-15+,30-22?. The molecule has 34 heavy (non-hydrogen) atoms. The highest BCUT2D eigenvalue weighted by atomic mass is 35.5. The van der Waals surface area contributed by atoms with Gasteiger partial charge >= 0.3 is 0 Å². The molecule has 0 amide bonds. The number of nitrogens with one attached hydrogen (secondary N) is 1. The van der Waals surface area contributed by atoms with Crippen LogP contribution in [0, 0.1) is 6.92 Å². The molecule has 0 bridgehead atoms. The summed E-state index contributed by atoms with van der Waals surface area (Å²) in [6.07, 6.45) is 1.78. The smallest absolute Gasteiger partial charge is 0.241 e. The number of rotatable bonds is 7. The van der Waals surface area contributed by atoms with Gasteiger partial charge < -0.3 is 21.1 Å². The van der Waals surface area contributed by atoms with Crippen LogP contribution < -0.4 is 11.1 Å². The summed E-state index contributed by atoms with van der Waals surface area (Å²) in [5.41, 5.74) is 9.06. The molecular formula is C23H30ClFN8O. The Balaban J connectivity index is 1.67. The lowest BCUT2D eigenvalue weighted by Gasteiger charge is -2.36. The summed E-state index contributed by atoms with van der Waals surface area (Å²) >= 11 is 6.29. The van der Waals surface area contributed by atoms with Crippen LogP contribution in [0.25, 0.3) is 0 Å². The number of aliphatic hydroxyl groups is 1. The number of pyridine rings is 1. The number of hydrogen-bond acceptors (Lipinski definition) is 6. The van der Waals surface area contributed by atoms with Gasteiger partial charge in [0.05, 0.1) is 29.2 Å². The third-order valence-corrected chi connectivity index (χ3v) is 5.63. The molecule has 0 radical (unpaired) electrons. The second kappa shape index (κ2) is 12.4. The molecule has 1 aromatic heterocycles. The maximum absolute atomic E-state index is 14.2. The molecule has 3 rings (SSSR count). The number of benzene rings is 1. The second-order valence-corrected chi connectivity index (χ2v) is 8.27. The Morgan fingerprint density at radius 2 is 2.09 bits per heavy atom. The van der Waals surface area contributed by atoms with Crippen LogP contribution in [0.2, 0.25) is 5.02 Å². The Kier molecular flexibility index (Phi) is 9.32. The van der Waals surface area contributed by atoms with Crippen molar-refractivity contribution in [3.8, 4) is 0 Å². The van der Waals surface area contributed by atoms with Gasteiger partial charge in [-0.3, -0.25) is 9.88 Å². The monoisotopic (exact) mass is 488 g/mol. The Labute approximate surface area is 203 Å². The van der Waals surface area contributed by atoms with Crippen LogP contribution in [0.3, 0.4) is 0 Å². The summed E-state index contributed by atoms with van der Waals surface area (Å²) < 4.78 is 14.2. The van der Waals surface area contributed by atoms with Crippen LogP contribution in [0.15, 0.2) is 51.7 Å². The average molecular weight is 489 g/mol. The molecule has 1 aliphatic rings. The first-order valence-corrected chi connectivity index (χ1v) is 11.4. The number of aryl methyl sites for hydroxylation is 1. The molecule has 0 saturated carbocycles. The Morgan fingerprint density at radius 3 is 2.76 bits per heavy atom. The number of aliphatic hydroxyl groups excluding tert-OH is 1. The van der Waals surface area contributed by atoms with Gasteiger partial charge in [-0.25, -0.2) is 4.39 Å². The van der Waals surface area contributed by atoms with E-state index in [2.05, 4.69) is 30.4 Å². The van der Waals surface area contributed by atoms with Crippen molar-refractivity contribution in [2.45, 2.75) is 20.0 Å². The SMILES string of the molecule is Cc1cccc(Cl)c1Nc1ccnc(/C=N/N=C(N)N=C(C(C)F)N2CCN(CCO)CC2)c1. The number of guanidine groups is 1. The van der Waals surface area contributed by atoms with E-state index in [0.29, 0.717) is 43.4 Å². The molecule has 1 unspecified atom stereocenters. The van der Waals surface area contributed by atoms with Crippen LogP contribution in [-0.4, -0.2) is 83.4 Å². The minimum Gasteiger partial charge on any atom is -0.395 e. The normalized spacial score (nSPS) is 16.8. The van der Waals surface area contributed by atoms with Crippen molar-refractivity contribution in [1.29, 1.82) is 0 Å². The van der Waals surface area contributed by atoms with Crippen LogP contribution in [0.1, 0.15) is 18.2 Å². The molecule has 9 nitrogen and oxygen atoms in total. The predicted octanol–water partition coefficient (Wildman–Crippen LogP) is 2.80. The predicted molar refractivity (Wildman–Crippen MR) is 136 cm³/mol. The molecule has 1 fully saturated rings. The number of amidine groups is 1. The van der Waals surface area contributed by atoms with Crippen LogP contribution in [0.4, 0.5) is 15.8 Å². The van der Waals surface area contributed by atoms with E-state index in [1.54, 1.807) is 12.3 Å². The van der Waals surface area contributed by atoms with Gasteiger partial charge in [0.15, 0.2) is 6.17 Å². The number of alkyl halides is 1. The van der Waals surface area contributed by atoms with E-state index < -0.39 is 6.17 Å². The van der Waals surface area contributed by atoms with Crippen LogP contribution in [-0.2, 0) is 0 Å². The number of anilines is 2. The van der Waals surface area contributed by atoms with Gasteiger partial charge in [-0.2, -0.15) is 10.1 Å². The molecule has 0 aliphatic carbocycles. The van der Waals surface area contributed by atoms with Gasteiger partial charge in [0.25, 0.3) is 0 Å². The lowest BCUT2D eigenvalue weighted by Crippen LogP contribution is -2.51. The zero-order chi connectivity index (χ0) is 24.5. The molecule has 2 heterocycles. The van der Waals surface area contributed by atoms with Crippen molar-refractivity contribution in [1.82, 2.24) is 14.8 Å². The number of para-hydroxylation sites is 1. The quantitative estimate of drug-likeness (QED) is 0.313. The lowest BCUT2D eigenvalue weighted by atomic mass is 10.2. The highest BCUT2D eigenvalue weighted by molar-refractivity contribution is 6.33. The minimum absolute atomic E-state index is 0.103. The van der Waals surface area contributed by atoms with E-state index in [1.165, 1.54) is 13.1 Å². The van der Waals surface area contributed by atoms with Crippen molar-refractivity contribution < 1.29 is 9.50 Å². The van der Waals surface area contributed by atoms with Crippen molar-refractivity contribution >= 4 is 41.0 Å². The van der Waals surface area contributed by atoms with Crippen LogP contribution >= 0.6 is 11.6 Å². The molecule has 0 spiro atoms. The first-order chi connectivity index (χ1) is 16.4. The topological polar surface area (TPSA) is 115 Å². The minimum atomic E-state index is -1.31. The fourth-order valence-electron chi connectivity index (χ4n) is 3.57. The number of nitrogens with two attached hydrogens (primary N) is 1. The summed E-state index contributed by atoms with van der Waals surface area (Å²) in [6, 6.07) is 9.29. The summed E-state index contributed by atoms with van der Waals surface area (Å²) in [7, 11) is 0. The van der Waals surface area contributed by atoms with Gasteiger partial charge in [-0.1, -0.05) is 23.7 Å². The number of nitrogens with zero attached hydrogens (tertiary/aromatic N) is 6. The maximum atomic E-state index is 14.2. The Morgan fingerprint density at radius 1 is 1.32 bits per heavy atom. The van der Waals surface area contributed by atoms with Crippen molar-refractivity contribution in [2.24, 2.45) is 20.9 Å². The first-order valence-electron chi connectivity index (χ1n) is 11.0. The van der Waals surface area contributed by atoms with Gasteiger partial charge in [-0.15, -0.1) is 5.10 Å². The van der Waals surface area contributed by atoms with E-state index in [4.69, 9.17) is 22.4 Å². The molecule has 1 saturated heterocycles. The molecule has 11 heteroatoms. The Hall–Kier alpha value is -3.08. The van der Waals surface area contributed by atoms with E-state index in [0.717, 1.165) is 16.9 Å². The van der Waals surface area contributed by atoms with Crippen LogP contribution in [0.5, 0.6) is 0 Å². The van der Waals surface area contributed by atoms with Gasteiger partial charge in [0.1, 0.15) is 5.84 Å². The zero-order valence-corrected chi connectivity index (χ0v) is 20.1. The molecule has 182 valence electrons. The summed E-state index contributed by atoms with van der Waals surface area (Å²) in [5.74, 6) is 0.0778. The molecule has 1 aromatic carbocycles. The number of β-amino-alcohol motifs (C(OH)–C–C–N with tert-alkyl or cyclic N) is 1. The molecule has 2 aromatic rings. The highest BCUT2D eigenvalue weighted by Crippen LogP contribution is 2.28. The molecule has 1 aliphatic heterocycles. The van der Waals surface area contributed by atoms with E-state index in [1.807, 2.05) is 36.1 Å². The third kappa shape index (κ3) is 7.21. The Bertz CT molecular complexity index is 1030. The number of aromatic nitrogens is 1. The fourth-order valence-corrected chi connectivity index (χ4v) is 3.84. The van der Waals surface area contributed by atoms with Gasteiger partial charge in [0, 0.05) is 44.6 Å². The third-order valence-electron chi connectivity index (χ3n) is 5.32. The molecular weight excluding hydrogens is 459 g/mol. The van der Waals surface area contributed by atoms with Gasteiger partial charge in [0.2, 0.25) is 5.96 Å². The van der Waals surface area contributed by atoms with E-state index >= 15 is 0 Å². The largest absolute Gasteiger partial charge is 0.395 e. The number of hydrogen-bond donors (Lipinski definition) is 3. The maximum Gasteiger partial charge on any atom is 0.241 e. The molecule has 1 atom stereocenters. The highest BCUT2D eigenvalue weighted by Gasteiger charge is 2.23. The molecule has 4 N–H and O–H groups in total. The van der Waals surface area contributed by atoms with Crippen molar-refractivity contribution in [2.75, 3.05) is 44.6 Å². The lowest BCUT2D eigenvalue weighted by molar-refractivity contribution is 0.143. The first kappa shape index (κ1) is 25.5.